The van der Waals surface area contributed by atoms with Crippen LogP contribution in [-0.2, 0) is 8.85 Å². The van der Waals surface area contributed by atoms with E-state index in [-0.39, 0.29) is 0 Å². The van der Waals surface area contributed by atoms with Crippen LogP contribution in [0.2, 0.25) is 6.55 Å². The first-order valence-corrected chi connectivity index (χ1v) is 10.7. The summed E-state index contributed by atoms with van der Waals surface area (Å²) in [6, 6.07) is 6.56. The third-order valence-corrected chi connectivity index (χ3v) is 6.64. The summed E-state index contributed by atoms with van der Waals surface area (Å²) in [4.78, 5) is 0. The molecule has 0 atom stereocenters. The maximum atomic E-state index is 6.09. The molecule has 0 saturated heterocycles. The largest absolute Gasteiger partial charge is 0.391 e. The molecule has 0 aromatic heterocycles. The summed E-state index contributed by atoms with van der Waals surface area (Å²) in [6.07, 6.45) is 2.05. The van der Waals surface area contributed by atoms with E-state index in [9.17, 15) is 0 Å². The van der Waals surface area contributed by atoms with Gasteiger partial charge in [0, 0.05) is 20.4 Å². The number of hydrogen-bond acceptors (Lipinski definition) is 2. The summed E-state index contributed by atoms with van der Waals surface area (Å²) >= 11 is 4.71. The molecule has 0 amide bonds. The SMILES string of the molecule is CCCO[Si](C)(OCCC)c1cc(I)cc(I)c1. The van der Waals surface area contributed by atoms with Gasteiger partial charge in [-0.3, -0.25) is 0 Å². The molecular weight excluding hydrogens is 470 g/mol. The highest BCUT2D eigenvalue weighted by Gasteiger charge is 2.34. The van der Waals surface area contributed by atoms with Gasteiger partial charge in [-0.15, -0.1) is 0 Å². The monoisotopic (exact) mass is 490 g/mol. The number of hydrogen-bond donors (Lipinski definition) is 0. The molecule has 0 bridgehead atoms. The van der Waals surface area contributed by atoms with E-state index in [0.29, 0.717) is 0 Å². The predicted molar refractivity (Wildman–Crippen MR) is 95.6 cm³/mol. The molecule has 102 valence electrons. The Labute approximate surface area is 138 Å². The molecule has 2 nitrogen and oxygen atoms in total. The van der Waals surface area contributed by atoms with Crippen LogP contribution in [0.1, 0.15) is 26.7 Å². The van der Waals surface area contributed by atoms with Gasteiger partial charge in [-0.05, 0) is 88.0 Å². The van der Waals surface area contributed by atoms with Gasteiger partial charge in [-0.1, -0.05) is 13.8 Å². The normalized spacial score (nSPS) is 11.8. The first kappa shape index (κ1) is 16.9. The Kier molecular flexibility index (Phi) is 7.67. The Morgan fingerprint density at radius 2 is 1.39 bits per heavy atom. The van der Waals surface area contributed by atoms with E-state index < -0.39 is 8.56 Å². The van der Waals surface area contributed by atoms with Gasteiger partial charge in [-0.2, -0.15) is 0 Å². The van der Waals surface area contributed by atoms with Gasteiger partial charge in [0.05, 0.1) is 0 Å². The second-order valence-electron chi connectivity index (χ2n) is 4.30. The fourth-order valence-electron chi connectivity index (χ4n) is 1.62. The van der Waals surface area contributed by atoms with Crippen molar-refractivity contribution in [1.29, 1.82) is 0 Å². The predicted octanol–water partition coefficient (Wildman–Crippen LogP) is 4.03. The second kappa shape index (κ2) is 8.18. The van der Waals surface area contributed by atoms with E-state index in [2.05, 4.69) is 83.8 Å². The van der Waals surface area contributed by atoms with Gasteiger partial charge in [0.15, 0.2) is 0 Å². The molecule has 0 aliphatic heterocycles. The zero-order chi connectivity index (χ0) is 13.6. The van der Waals surface area contributed by atoms with Gasteiger partial charge < -0.3 is 8.85 Å². The Bertz CT molecular complexity index is 357. The van der Waals surface area contributed by atoms with Gasteiger partial charge >= 0.3 is 8.56 Å². The Morgan fingerprint density at radius 3 is 1.78 bits per heavy atom. The van der Waals surface area contributed by atoms with Crippen molar-refractivity contribution in [2.75, 3.05) is 13.2 Å². The standard InChI is InChI=1S/C13H20I2O2Si/c1-4-6-16-18(3,17-7-5-2)13-9-11(14)8-12(15)10-13/h8-10H,4-7H2,1-3H3. The third kappa shape index (κ3) is 5.07. The molecule has 0 heterocycles. The van der Waals surface area contributed by atoms with Crippen LogP contribution >= 0.6 is 45.2 Å². The molecule has 0 spiro atoms. The highest BCUT2D eigenvalue weighted by Crippen LogP contribution is 2.15. The number of halogens is 2. The molecule has 0 fully saturated rings. The van der Waals surface area contributed by atoms with Gasteiger partial charge in [0.25, 0.3) is 0 Å². The van der Waals surface area contributed by atoms with Crippen LogP contribution in [0.3, 0.4) is 0 Å². The summed E-state index contributed by atoms with van der Waals surface area (Å²) in [5.41, 5.74) is 0. The van der Waals surface area contributed by atoms with Crippen LogP contribution < -0.4 is 5.19 Å². The molecular formula is C13H20I2O2Si. The van der Waals surface area contributed by atoms with Crippen molar-refractivity contribution in [3.8, 4) is 0 Å². The van der Waals surface area contributed by atoms with Crippen LogP contribution in [0.5, 0.6) is 0 Å². The van der Waals surface area contributed by atoms with Gasteiger partial charge in [0.1, 0.15) is 0 Å². The van der Waals surface area contributed by atoms with E-state index in [0.717, 1.165) is 26.1 Å². The highest BCUT2D eigenvalue weighted by molar-refractivity contribution is 14.1. The minimum absolute atomic E-state index is 0.772. The number of rotatable bonds is 7. The van der Waals surface area contributed by atoms with Crippen molar-refractivity contribution in [1.82, 2.24) is 0 Å². The molecule has 1 aromatic rings. The molecule has 0 N–H and O–H groups in total. The molecule has 0 aliphatic rings. The van der Waals surface area contributed by atoms with Crippen molar-refractivity contribution in [2.24, 2.45) is 0 Å². The average Bonchev–Trinajstić information content (AvgIpc) is 2.32. The lowest BCUT2D eigenvalue weighted by molar-refractivity contribution is 0.185. The second-order valence-corrected chi connectivity index (χ2v) is 9.84. The lowest BCUT2D eigenvalue weighted by atomic mass is 10.4. The van der Waals surface area contributed by atoms with E-state index in [1.54, 1.807) is 0 Å². The number of benzene rings is 1. The minimum Gasteiger partial charge on any atom is -0.391 e. The molecule has 18 heavy (non-hydrogen) atoms. The summed E-state index contributed by atoms with van der Waals surface area (Å²) < 4.78 is 14.7. The van der Waals surface area contributed by atoms with Crippen molar-refractivity contribution >= 4 is 58.9 Å². The fourth-order valence-corrected chi connectivity index (χ4v) is 6.58. The summed E-state index contributed by atoms with van der Waals surface area (Å²) in [5.74, 6) is 0. The molecule has 0 aliphatic carbocycles. The molecule has 0 radical (unpaired) electrons. The molecule has 0 unspecified atom stereocenters. The first-order chi connectivity index (χ1) is 8.51. The first-order valence-electron chi connectivity index (χ1n) is 6.26. The van der Waals surface area contributed by atoms with Crippen molar-refractivity contribution in [3.05, 3.63) is 25.3 Å². The highest BCUT2D eigenvalue weighted by atomic mass is 127. The van der Waals surface area contributed by atoms with Crippen LogP contribution in [0, 0.1) is 7.14 Å². The Balaban J connectivity index is 2.99. The maximum Gasteiger partial charge on any atom is 0.369 e. The average molecular weight is 490 g/mol. The van der Waals surface area contributed by atoms with E-state index in [4.69, 9.17) is 8.85 Å². The summed E-state index contributed by atoms with van der Waals surface area (Å²) in [5, 5.41) is 1.24. The zero-order valence-corrected chi connectivity index (χ0v) is 16.4. The Morgan fingerprint density at radius 1 is 0.944 bits per heavy atom. The van der Waals surface area contributed by atoms with Crippen molar-refractivity contribution in [3.63, 3.8) is 0 Å². The smallest absolute Gasteiger partial charge is 0.369 e. The van der Waals surface area contributed by atoms with Gasteiger partial charge in [-0.25, -0.2) is 0 Å². The molecule has 0 saturated carbocycles. The minimum atomic E-state index is -2.24. The van der Waals surface area contributed by atoms with Crippen molar-refractivity contribution in [2.45, 2.75) is 33.2 Å². The lowest BCUT2D eigenvalue weighted by Crippen LogP contribution is -2.51. The van der Waals surface area contributed by atoms with Crippen LogP contribution in [0.25, 0.3) is 0 Å². The van der Waals surface area contributed by atoms with Crippen LogP contribution in [-0.4, -0.2) is 21.8 Å². The summed E-state index contributed by atoms with van der Waals surface area (Å²) in [7, 11) is -2.24. The molecule has 1 rings (SSSR count). The van der Waals surface area contributed by atoms with Crippen LogP contribution in [0.15, 0.2) is 18.2 Å². The quantitative estimate of drug-likeness (QED) is 0.425. The van der Waals surface area contributed by atoms with E-state index in [1.165, 1.54) is 12.3 Å². The van der Waals surface area contributed by atoms with Crippen molar-refractivity contribution < 1.29 is 8.85 Å². The molecule has 5 heteroatoms. The summed E-state index contributed by atoms with van der Waals surface area (Å²) in [6.45, 7) is 7.96. The Hall–Kier alpha value is 0.817. The van der Waals surface area contributed by atoms with E-state index in [1.807, 2.05) is 0 Å². The third-order valence-electron chi connectivity index (χ3n) is 2.55. The zero-order valence-electron chi connectivity index (χ0n) is 11.1. The van der Waals surface area contributed by atoms with E-state index >= 15 is 0 Å². The van der Waals surface area contributed by atoms with Crippen LogP contribution in [0.4, 0.5) is 0 Å². The topological polar surface area (TPSA) is 18.5 Å². The maximum absolute atomic E-state index is 6.09. The molecule has 1 aromatic carbocycles. The van der Waals surface area contributed by atoms with Gasteiger partial charge in [0.2, 0.25) is 0 Å². The fraction of sp³-hybridized carbons (Fsp3) is 0.538. The lowest BCUT2D eigenvalue weighted by Gasteiger charge is -2.27.